The Labute approximate surface area is 110 Å². The summed E-state index contributed by atoms with van der Waals surface area (Å²) in [6, 6.07) is 3.07. The smallest absolute Gasteiger partial charge is 0.271 e. The average Bonchev–Trinajstić information content (AvgIpc) is 2.36. The Bertz CT molecular complexity index is 401. The van der Waals surface area contributed by atoms with E-state index in [4.69, 9.17) is 26.8 Å². The molecule has 3 N–H and O–H groups in total. The van der Waals surface area contributed by atoms with Gasteiger partial charge in [-0.2, -0.15) is 0 Å². The van der Waals surface area contributed by atoms with Gasteiger partial charge in [0.2, 0.25) is 0 Å². The fourth-order valence-electron chi connectivity index (χ4n) is 1.18. The van der Waals surface area contributed by atoms with Crippen molar-refractivity contribution in [3.8, 4) is 0 Å². The average molecular weight is 274 g/mol. The number of nitrogens with zero attached hydrogens (tertiary/aromatic N) is 1. The van der Waals surface area contributed by atoms with Gasteiger partial charge in [0, 0.05) is 13.7 Å². The van der Waals surface area contributed by atoms with Crippen LogP contribution in [0, 0.1) is 0 Å². The molecule has 0 aliphatic rings. The van der Waals surface area contributed by atoms with Crippen LogP contribution in [0.5, 0.6) is 0 Å². The summed E-state index contributed by atoms with van der Waals surface area (Å²) in [7, 11) is 1.60. The first-order valence-corrected chi connectivity index (χ1v) is 5.80. The molecular weight excluding hydrogens is 258 g/mol. The van der Waals surface area contributed by atoms with Crippen LogP contribution in [0.4, 0.5) is 5.82 Å². The molecule has 1 aromatic heterocycles. The molecule has 7 heteroatoms. The summed E-state index contributed by atoms with van der Waals surface area (Å²) < 4.78 is 10.0. The minimum atomic E-state index is -0.373. The number of nitrogens with one attached hydrogen (secondary N) is 1. The lowest BCUT2D eigenvalue weighted by atomic mass is 10.3. The third-order valence-electron chi connectivity index (χ3n) is 2.05. The van der Waals surface area contributed by atoms with E-state index in [1.54, 1.807) is 7.11 Å². The van der Waals surface area contributed by atoms with Crippen molar-refractivity contribution < 1.29 is 14.3 Å². The first-order chi connectivity index (χ1) is 8.65. The molecule has 0 atom stereocenters. The van der Waals surface area contributed by atoms with Crippen molar-refractivity contribution >= 4 is 23.3 Å². The molecule has 1 heterocycles. The highest BCUT2D eigenvalue weighted by atomic mass is 35.5. The van der Waals surface area contributed by atoms with Crippen molar-refractivity contribution in [2.75, 3.05) is 39.2 Å². The van der Waals surface area contributed by atoms with Gasteiger partial charge in [0.25, 0.3) is 5.91 Å². The number of pyridine rings is 1. The van der Waals surface area contributed by atoms with Gasteiger partial charge in [0.15, 0.2) is 0 Å². The zero-order valence-electron chi connectivity index (χ0n) is 10.1. The first-order valence-electron chi connectivity index (χ1n) is 5.42. The van der Waals surface area contributed by atoms with Crippen LogP contribution in [-0.4, -0.2) is 44.4 Å². The number of ether oxygens (including phenoxy) is 2. The lowest BCUT2D eigenvalue weighted by molar-refractivity contribution is 0.0692. The molecule has 0 aromatic carbocycles. The lowest BCUT2D eigenvalue weighted by Gasteiger charge is -2.07. The minimum Gasteiger partial charge on any atom is -0.384 e. The number of hydrogen-bond acceptors (Lipinski definition) is 5. The van der Waals surface area contributed by atoms with Crippen LogP contribution in [0.3, 0.4) is 0 Å². The summed E-state index contributed by atoms with van der Waals surface area (Å²) >= 11 is 5.85. The molecule has 0 unspecified atom stereocenters. The summed E-state index contributed by atoms with van der Waals surface area (Å²) in [5.41, 5.74) is 5.61. The molecule has 0 fully saturated rings. The van der Waals surface area contributed by atoms with E-state index in [1.165, 1.54) is 12.1 Å². The Morgan fingerprint density at radius 2 is 2.22 bits per heavy atom. The topological polar surface area (TPSA) is 86.5 Å². The maximum Gasteiger partial charge on any atom is 0.271 e. The number of carbonyl (C=O) groups is 1. The van der Waals surface area contributed by atoms with Crippen LogP contribution in [0.25, 0.3) is 0 Å². The summed E-state index contributed by atoms with van der Waals surface area (Å²) in [6.07, 6.45) is 0. The normalized spacial score (nSPS) is 10.3. The minimum absolute atomic E-state index is 0.119. The molecule has 0 aliphatic heterocycles. The Balaban J connectivity index is 2.34. The Morgan fingerprint density at radius 1 is 1.44 bits per heavy atom. The number of anilines is 1. The van der Waals surface area contributed by atoms with Crippen LogP contribution in [0.2, 0.25) is 5.02 Å². The van der Waals surface area contributed by atoms with E-state index in [0.29, 0.717) is 26.4 Å². The van der Waals surface area contributed by atoms with Gasteiger partial charge >= 0.3 is 0 Å². The number of methoxy groups -OCH3 is 1. The van der Waals surface area contributed by atoms with Crippen LogP contribution in [0.1, 0.15) is 10.5 Å². The lowest BCUT2D eigenvalue weighted by Crippen LogP contribution is -2.28. The third kappa shape index (κ3) is 4.87. The predicted octanol–water partition coefficient (Wildman–Crippen LogP) is 0.710. The number of nitrogens with two attached hydrogens (primary N) is 1. The van der Waals surface area contributed by atoms with E-state index in [2.05, 4.69) is 10.3 Å². The SMILES string of the molecule is COCCOCCNC(=O)c1nc(N)ccc1Cl. The molecule has 0 aliphatic carbocycles. The third-order valence-corrected chi connectivity index (χ3v) is 2.35. The second-order valence-electron chi connectivity index (χ2n) is 3.43. The zero-order valence-corrected chi connectivity index (χ0v) is 10.9. The van der Waals surface area contributed by atoms with Crippen molar-refractivity contribution in [1.29, 1.82) is 0 Å². The van der Waals surface area contributed by atoms with Crippen LogP contribution < -0.4 is 11.1 Å². The molecule has 1 rings (SSSR count). The van der Waals surface area contributed by atoms with Crippen molar-refractivity contribution in [2.24, 2.45) is 0 Å². The van der Waals surface area contributed by atoms with Crippen LogP contribution >= 0.6 is 11.6 Å². The Kier molecular flexibility index (Phi) is 6.42. The molecule has 0 saturated heterocycles. The highest BCUT2D eigenvalue weighted by molar-refractivity contribution is 6.33. The van der Waals surface area contributed by atoms with Gasteiger partial charge in [0.1, 0.15) is 11.5 Å². The Hall–Kier alpha value is -1.37. The first kappa shape index (κ1) is 14.7. The van der Waals surface area contributed by atoms with Crippen LogP contribution in [-0.2, 0) is 9.47 Å². The fourth-order valence-corrected chi connectivity index (χ4v) is 1.37. The van der Waals surface area contributed by atoms with E-state index in [-0.39, 0.29) is 22.4 Å². The van der Waals surface area contributed by atoms with E-state index in [9.17, 15) is 4.79 Å². The van der Waals surface area contributed by atoms with E-state index >= 15 is 0 Å². The number of carbonyl (C=O) groups excluding carboxylic acids is 1. The van der Waals surface area contributed by atoms with Gasteiger partial charge in [-0.05, 0) is 12.1 Å². The van der Waals surface area contributed by atoms with E-state index < -0.39 is 0 Å². The number of halogens is 1. The van der Waals surface area contributed by atoms with Crippen molar-refractivity contribution in [3.05, 3.63) is 22.8 Å². The van der Waals surface area contributed by atoms with Crippen LogP contribution in [0.15, 0.2) is 12.1 Å². The number of aromatic nitrogens is 1. The molecule has 1 amide bonds. The monoisotopic (exact) mass is 273 g/mol. The molecule has 0 saturated carbocycles. The predicted molar refractivity (Wildman–Crippen MR) is 68.7 cm³/mol. The van der Waals surface area contributed by atoms with Gasteiger partial charge < -0.3 is 20.5 Å². The largest absolute Gasteiger partial charge is 0.384 e. The van der Waals surface area contributed by atoms with Gasteiger partial charge in [-0.25, -0.2) is 4.98 Å². The number of nitrogen functional groups attached to an aromatic ring is 1. The molecule has 18 heavy (non-hydrogen) atoms. The van der Waals surface area contributed by atoms with Gasteiger partial charge in [-0.15, -0.1) is 0 Å². The number of rotatable bonds is 7. The Morgan fingerprint density at radius 3 is 2.94 bits per heavy atom. The number of amides is 1. The maximum absolute atomic E-state index is 11.7. The molecule has 0 radical (unpaired) electrons. The summed E-state index contributed by atoms with van der Waals surface area (Å²) in [4.78, 5) is 15.6. The second kappa shape index (κ2) is 7.86. The van der Waals surface area contributed by atoms with Crippen molar-refractivity contribution in [3.63, 3.8) is 0 Å². The summed E-state index contributed by atoms with van der Waals surface area (Å²) in [6.45, 7) is 1.78. The molecule has 0 bridgehead atoms. The standard InChI is InChI=1S/C11H16ClN3O3/c1-17-6-7-18-5-4-14-11(16)10-8(12)2-3-9(13)15-10/h2-3H,4-7H2,1H3,(H2,13,15)(H,14,16). The summed E-state index contributed by atoms with van der Waals surface area (Å²) in [5, 5.41) is 2.90. The highest BCUT2D eigenvalue weighted by Crippen LogP contribution is 2.14. The fraction of sp³-hybridized carbons (Fsp3) is 0.455. The molecular formula is C11H16ClN3O3. The quantitative estimate of drug-likeness (QED) is 0.715. The second-order valence-corrected chi connectivity index (χ2v) is 3.83. The van der Waals surface area contributed by atoms with Gasteiger partial charge in [0.05, 0.1) is 24.8 Å². The highest BCUT2D eigenvalue weighted by Gasteiger charge is 2.11. The zero-order chi connectivity index (χ0) is 13.4. The molecule has 6 nitrogen and oxygen atoms in total. The maximum atomic E-state index is 11.7. The molecule has 100 valence electrons. The van der Waals surface area contributed by atoms with E-state index in [1.807, 2.05) is 0 Å². The van der Waals surface area contributed by atoms with Gasteiger partial charge in [-0.1, -0.05) is 11.6 Å². The van der Waals surface area contributed by atoms with E-state index in [0.717, 1.165) is 0 Å². The van der Waals surface area contributed by atoms with Crippen molar-refractivity contribution in [1.82, 2.24) is 10.3 Å². The van der Waals surface area contributed by atoms with Gasteiger partial charge in [-0.3, -0.25) is 4.79 Å². The molecule has 1 aromatic rings. The molecule has 0 spiro atoms. The summed E-state index contributed by atoms with van der Waals surface area (Å²) in [5.74, 6) is -0.122. The van der Waals surface area contributed by atoms with Crippen molar-refractivity contribution in [2.45, 2.75) is 0 Å². The number of hydrogen-bond donors (Lipinski definition) is 2.